The Morgan fingerprint density at radius 1 is 0.853 bits per heavy atom. The number of carboxylic acid groups (broad SMARTS) is 1. The zero-order chi connectivity index (χ0) is 24.2. The lowest BCUT2D eigenvalue weighted by atomic mass is 10.0. The number of rotatable bonds is 9. The van der Waals surface area contributed by atoms with E-state index in [1.54, 1.807) is 18.2 Å². The van der Waals surface area contributed by atoms with Crippen LogP contribution in [0.4, 0.5) is 0 Å². The van der Waals surface area contributed by atoms with Crippen LogP contribution in [0.15, 0.2) is 66.7 Å². The third kappa shape index (κ3) is 5.72. The summed E-state index contributed by atoms with van der Waals surface area (Å²) < 4.78 is 0. The number of hydrogen-bond acceptors (Lipinski definition) is 3. The molecular formula is C29H33N3O2. The number of imidazole rings is 1. The minimum absolute atomic E-state index is 0.248. The summed E-state index contributed by atoms with van der Waals surface area (Å²) in [5, 5.41) is 9.20. The molecule has 0 radical (unpaired) electrons. The minimum atomic E-state index is -0.944. The first kappa shape index (κ1) is 23.7. The number of hydrogen-bond donors (Lipinski definition) is 2. The number of nitrogens with one attached hydrogen (secondary N) is 1. The third-order valence-electron chi connectivity index (χ3n) is 5.83. The normalized spacial score (nSPS) is 11.7. The van der Waals surface area contributed by atoms with Gasteiger partial charge in [0.2, 0.25) is 0 Å². The second kappa shape index (κ2) is 10.2. The Bertz CT molecular complexity index is 1250. The van der Waals surface area contributed by atoms with E-state index in [1.165, 1.54) is 11.1 Å². The Morgan fingerprint density at radius 2 is 1.41 bits per heavy atom. The SMILES string of the molecule is CC(C)CN(Cc1ccc(-c2ccc(-c3nc4ccc(C(=O)O)cc4[nH]3)cc2)cc1)CC(C)C. The summed E-state index contributed by atoms with van der Waals surface area (Å²) in [7, 11) is 0. The van der Waals surface area contributed by atoms with Crippen LogP contribution in [-0.2, 0) is 6.54 Å². The van der Waals surface area contributed by atoms with Gasteiger partial charge in [0.05, 0.1) is 16.6 Å². The zero-order valence-corrected chi connectivity index (χ0v) is 20.4. The molecule has 0 aliphatic heterocycles. The Labute approximate surface area is 201 Å². The lowest BCUT2D eigenvalue weighted by Crippen LogP contribution is -2.30. The van der Waals surface area contributed by atoms with Crippen LogP contribution in [0.2, 0.25) is 0 Å². The molecule has 0 aliphatic rings. The average molecular weight is 456 g/mol. The maximum Gasteiger partial charge on any atom is 0.335 e. The van der Waals surface area contributed by atoms with Gasteiger partial charge in [0.25, 0.3) is 0 Å². The molecule has 1 heterocycles. The van der Waals surface area contributed by atoms with Gasteiger partial charge in [0.15, 0.2) is 0 Å². The maximum atomic E-state index is 11.2. The summed E-state index contributed by atoms with van der Waals surface area (Å²) >= 11 is 0. The van der Waals surface area contributed by atoms with Crippen LogP contribution in [0.5, 0.6) is 0 Å². The van der Waals surface area contributed by atoms with Crippen molar-refractivity contribution >= 4 is 17.0 Å². The highest BCUT2D eigenvalue weighted by molar-refractivity contribution is 5.93. The fraction of sp³-hybridized carbons (Fsp3) is 0.310. The molecule has 0 saturated heterocycles. The van der Waals surface area contributed by atoms with Crippen molar-refractivity contribution in [1.82, 2.24) is 14.9 Å². The average Bonchev–Trinajstić information content (AvgIpc) is 3.22. The van der Waals surface area contributed by atoms with Crippen molar-refractivity contribution in [1.29, 1.82) is 0 Å². The molecular weight excluding hydrogens is 422 g/mol. The van der Waals surface area contributed by atoms with Crippen molar-refractivity contribution in [2.45, 2.75) is 34.2 Å². The highest BCUT2D eigenvalue weighted by Crippen LogP contribution is 2.26. The minimum Gasteiger partial charge on any atom is -0.478 e. The summed E-state index contributed by atoms with van der Waals surface area (Å²) in [6, 6.07) is 22.1. The maximum absolute atomic E-state index is 11.2. The molecule has 0 amide bonds. The number of carboxylic acids is 1. The van der Waals surface area contributed by atoms with E-state index in [9.17, 15) is 9.90 Å². The number of fused-ring (bicyclic) bond motifs is 1. The van der Waals surface area contributed by atoms with Crippen LogP contribution >= 0.6 is 0 Å². The Balaban J connectivity index is 1.48. The van der Waals surface area contributed by atoms with E-state index in [2.05, 4.69) is 79.0 Å². The molecule has 0 unspecified atom stereocenters. The first-order valence-corrected chi connectivity index (χ1v) is 11.9. The molecule has 5 nitrogen and oxygen atoms in total. The number of carbonyl (C=O) groups is 1. The Hall–Kier alpha value is -3.44. The van der Waals surface area contributed by atoms with Crippen LogP contribution in [0, 0.1) is 11.8 Å². The van der Waals surface area contributed by atoms with E-state index in [0.717, 1.165) is 47.6 Å². The standard InChI is InChI=1S/C29H33N3O2/c1-19(2)16-32(17-20(3)4)18-21-5-7-22(8-6-21)23-9-11-24(12-10-23)28-30-26-14-13-25(29(33)34)15-27(26)31-28/h5-15,19-20H,16-18H2,1-4H3,(H,30,31)(H,33,34). The van der Waals surface area contributed by atoms with E-state index >= 15 is 0 Å². The Kier molecular flexibility index (Phi) is 7.13. The number of aromatic carboxylic acids is 1. The number of nitrogens with zero attached hydrogens (tertiary/aromatic N) is 2. The van der Waals surface area contributed by atoms with Gasteiger partial charge in [-0.1, -0.05) is 76.2 Å². The van der Waals surface area contributed by atoms with Crippen LogP contribution in [0.3, 0.4) is 0 Å². The molecule has 4 rings (SSSR count). The molecule has 34 heavy (non-hydrogen) atoms. The quantitative estimate of drug-likeness (QED) is 0.294. The topological polar surface area (TPSA) is 69.2 Å². The second-order valence-corrected chi connectivity index (χ2v) is 9.88. The summed E-state index contributed by atoms with van der Waals surface area (Å²) in [6.07, 6.45) is 0. The van der Waals surface area contributed by atoms with Crippen LogP contribution in [0.25, 0.3) is 33.5 Å². The van der Waals surface area contributed by atoms with Gasteiger partial charge in [0, 0.05) is 25.2 Å². The lowest BCUT2D eigenvalue weighted by Gasteiger charge is -2.26. The molecule has 0 aliphatic carbocycles. The number of H-pyrrole nitrogens is 1. The predicted octanol–water partition coefficient (Wildman–Crippen LogP) is 6.71. The van der Waals surface area contributed by atoms with E-state index in [-0.39, 0.29) is 5.56 Å². The van der Waals surface area contributed by atoms with Crippen molar-refractivity contribution in [2.75, 3.05) is 13.1 Å². The largest absolute Gasteiger partial charge is 0.478 e. The van der Waals surface area contributed by atoms with Crippen LogP contribution in [-0.4, -0.2) is 39.0 Å². The second-order valence-electron chi connectivity index (χ2n) is 9.88. The molecule has 0 fully saturated rings. The molecule has 0 spiro atoms. The first-order chi connectivity index (χ1) is 16.3. The smallest absolute Gasteiger partial charge is 0.335 e. The summed E-state index contributed by atoms with van der Waals surface area (Å²) in [4.78, 5) is 21.6. The molecule has 0 bridgehead atoms. The van der Waals surface area contributed by atoms with Gasteiger partial charge in [-0.15, -0.1) is 0 Å². The molecule has 176 valence electrons. The third-order valence-corrected chi connectivity index (χ3v) is 5.83. The lowest BCUT2D eigenvalue weighted by molar-refractivity contribution is 0.0697. The van der Waals surface area contributed by atoms with Gasteiger partial charge >= 0.3 is 5.97 Å². The number of aromatic amines is 1. The number of aromatic nitrogens is 2. The molecule has 3 aromatic carbocycles. The Morgan fingerprint density at radius 3 is 1.97 bits per heavy atom. The molecule has 5 heteroatoms. The van der Waals surface area contributed by atoms with Gasteiger partial charge < -0.3 is 10.1 Å². The number of benzene rings is 3. The first-order valence-electron chi connectivity index (χ1n) is 11.9. The van der Waals surface area contributed by atoms with E-state index < -0.39 is 5.97 Å². The molecule has 4 aromatic rings. The van der Waals surface area contributed by atoms with Gasteiger partial charge in [-0.2, -0.15) is 0 Å². The van der Waals surface area contributed by atoms with Crippen LogP contribution < -0.4 is 0 Å². The molecule has 0 atom stereocenters. The van der Waals surface area contributed by atoms with Gasteiger partial charge in [0.1, 0.15) is 5.82 Å². The summed E-state index contributed by atoms with van der Waals surface area (Å²) in [5.74, 6) is 1.10. The van der Waals surface area contributed by atoms with Crippen molar-refractivity contribution in [3.63, 3.8) is 0 Å². The van der Waals surface area contributed by atoms with E-state index in [4.69, 9.17) is 0 Å². The van der Waals surface area contributed by atoms with Gasteiger partial charge in [-0.3, -0.25) is 4.90 Å². The van der Waals surface area contributed by atoms with Crippen LogP contribution in [0.1, 0.15) is 43.6 Å². The fourth-order valence-electron chi connectivity index (χ4n) is 4.40. The zero-order valence-electron chi connectivity index (χ0n) is 20.4. The van der Waals surface area contributed by atoms with Crippen molar-refractivity contribution in [2.24, 2.45) is 11.8 Å². The highest BCUT2D eigenvalue weighted by atomic mass is 16.4. The van der Waals surface area contributed by atoms with E-state index in [0.29, 0.717) is 11.8 Å². The van der Waals surface area contributed by atoms with Gasteiger partial charge in [-0.25, -0.2) is 9.78 Å². The van der Waals surface area contributed by atoms with E-state index in [1.807, 2.05) is 12.1 Å². The fourth-order valence-corrected chi connectivity index (χ4v) is 4.40. The molecule has 0 saturated carbocycles. The van der Waals surface area contributed by atoms with Crippen molar-refractivity contribution in [3.05, 3.63) is 77.9 Å². The summed E-state index contributed by atoms with van der Waals surface area (Å²) in [6.45, 7) is 12.3. The van der Waals surface area contributed by atoms with Gasteiger partial charge in [-0.05, 0) is 46.7 Å². The summed E-state index contributed by atoms with van der Waals surface area (Å²) in [5.41, 5.74) is 6.36. The highest BCUT2D eigenvalue weighted by Gasteiger charge is 2.11. The monoisotopic (exact) mass is 455 g/mol. The molecule has 2 N–H and O–H groups in total. The van der Waals surface area contributed by atoms with Crippen molar-refractivity contribution in [3.8, 4) is 22.5 Å². The van der Waals surface area contributed by atoms with Crippen molar-refractivity contribution < 1.29 is 9.90 Å². The molecule has 1 aromatic heterocycles. The predicted molar refractivity (Wildman–Crippen MR) is 139 cm³/mol.